The standard InChI is InChI=1S/C17H19FN2O2/c1-3-15-16(11(2)19-22-15)14-5-4-10-20(14)17(21)12-6-8-13(18)9-7-12/h6-9,14H,3-5,10H2,1-2H3. The van der Waals surface area contributed by atoms with Gasteiger partial charge in [-0.15, -0.1) is 0 Å². The van der Waals surface area contributed by atoms with Crippen LogP contribution in [0.1, 0.15) is 53.2 Å². The first-order chi connectivity index (χ1) is 10.6. The number of aryl methyl sites for hydroxylation is 2. The summed E-state index contributed by atoms with van der Waals surface area (Å²) >= 11 is 0. The van der Waals surface area contributed by atoms with Gasteiger partial charge in [-0.3, -0.25) is 4.79 Å². The average molecular weight is 302 g/mol. The normalized spacial score (nSPS) is 18.0. The van der Waals surface area contributed by atoms with Crippen LogP contribution in [0.5, 0.6) is 0 Å². The van der Waals surface area contributed by atoms with Crippen molar-refractivity contribution in [2.24, 2.45) is 0 Å². The number of likely N-dealkylation sites (tertiary alicyclic amines) is 1. The molecule has 1 fully saturated rings. The van der Waals surface area contributed by atoms with Gasteiger partial charge in [-0.2, -0.15) is 0 Å². The highest BCUT2D eigenvalue weighted by atomic mass is 19.1. The monoisotopic (exact) mass is 302 g/mol. The Balaban J connectivity index is 1.91. The number of halogens is 1. The quantitative estimate of drug-likeness (QED) is 0.869. The fraction of sp³-hybridized carbons (Fsp3) is 0.412. The van der Waals surface area contributed by atoms with Crippen molar-refractivity contribution in [2.45, 2.75) is 39.2 Å². The molecule has 4 nitrogen and oxygen atoms in total. The number of hydrogen-bond acceptors (Lipinski definition) is 3. The molecule has 2 aromatic rings. The van der Waals surface area contributed by atoms with Crippen molar-refractivity contribution >= 4 is 5.91 Å². The van der Waals surface area contributed by atoms with Gasteiger partial charge in [0.2, 0.25) is 0 Å². The number of carbonyl (C=O) groups excluding carboxylic acids is 1. The minimum Gasteiger partial charge on any atom is -0.361 e. The molecule has 0 radical (unpaired) electrons. The molecular formula is C17H19FN2O2. The van der Waals surface area contributed by atoms with Gasteiger partial charge in [-0.25, -0.2) is 4.39 Å². The molecule has 1 unspecified atom stereocenters. The van der Waals surface area contributed by atoms with E-state index in [1.165, 1.54) is 24.3 Å². The number of rotatable bonds is 3. The van der Waals surface area contributed by atoms with Crippen molar-refractivity contribution < 1.29 is 13.7 Å². The van der Waals surface area contributed by atoms with E-state index in [9.17, 15) is 9.18 Å². The number of hydrogen-bond donors (Lipinski definition) is 0. The molecular weight excluding hydrogens is 283 g/mol. The molecule has 2 heterocycles. The Bertz CT molecular complexity index is 678. The molecule has 1 atom stereocenters. The molecule has 0 saturated carbocycles. The van der Waals surface area contributed by atoms with Crippen LogP contribution in [0, 0.1) is 12.7 Å². The summed E-state index contributed by atoms with van der Waals surface area (Å²) in [7, 11) is 0. The van der Waals surface area contributed by atoms with Gasteiger partial charge < -0.3 is 9.42 Å². The van der Waals surface area contributed by atoms with Gasteiger partial charge in [0, 0.05) is 24.1 Å². The van der Waals surface area contributed by atoms with Crippen molar-refractivity contribution in [1.82, 2.24) is 10.1 Å². The number of aromatic nitrogens is 1. The van der Waals surface area contributed by atoms with Crippen LogP contribution in [0.25, 0.3) is 0 Å². The second kappa shape index (κ2) is 5.91. The highest BCUT2D eigenvalue weighted by molar-refractivity contribution is 5.94. The lowest BCUT2D eigenvalue weighted by molar-refractivity contribution is 0.0734. The lowest BCUT2D eigenvalue weighted by Crippen LogP contribution is -2.31. The van der Waals surface area contributed by atoms with Crippen molar-refractivity contribution in [3.8, 4) is 0 Å². The Morgan fingerprint density at radius 1 is 1.41 bits per heavy atom. The number of carbonyl (C=O) groups is 1. The molecule has 5 heteroatoms. The molecule has 1 aliphatic rings. The summed E-state index contributed by atoms with van der Waals surface area (Å²) in [6.45, 7) is 4.63. The van der Waals surface area contributed by atoms with Gasteiger partial charge in [0.15, 0.2) is 0 Å². The van der Waals surface area contributed by atoms with E-state index in [1.807, 2.05) is 18.7 Å². The summed E-state index contributed by atoms with van der Waals surface area (Å²) < 4.78 is 18.4. The van der Waals surface area contributed by atoms with E-state index in [4.69, 9.17) is 4.52 Å². The van der Waals surface area contributed by atoms with Gasteiger partial charge in [0.1, 0.15) is 11.6 Å². The van der Waals surface area contributed by atoms with Crippen LogP contribution in [0.15, 0.2) is 28.8 Å². The molecule has 0 bridgehead atoms. The highest BCUT2D eigenvalue weighted by Crippen LogP contribution is 2.36. The van der Waals surface area contributed by atoms with Crippen molar-refractivity contribution in [3.05, 3.63) is 52.7 Å². The predicted molar refractivity (Wildman–Crippen MR) is 80.0 cm³/mol. The lowest BCUT2D eigenvalue weighted by atomic mass is 10.0. The second-order valence-electron chi connectivity index (χ2n) is 5.62. The molecule has 1 amide bonds. The average Bonchev–Trinajstić information content (AvgIpc) is 3.13. The van der Waals surface area contributed by atoms with Crippen LogP contribution in [0.4, 0.5) is 4.39 Å². The Hall–Kier alpha value is -2.17. The smallest absolute Gasteiger partial charge is 0.254 e. The molecule has 22 heavy (non-hydrogen) atoms. The fourth-order valence-corrected chi connectivity index (χ4v) is 3.17. The van der Waals surface area contributed by atoms with E-state index < -0.39 is 0 Å². The molecule has 1 aromatic heterocycles. The second-order valence-corrected chi connectivity index (χ2v) is 5.62. The van der Waals surface area contributed by atoms with Crippen LogP contribution in [0.3, 0.4) is 0 Å². The Morgan fingerprint density at radius 3 is 2.82 bits per heavy atom. The predicted octanol–water partition coefficient (Wildman–Crippen LogP) is 3.66. The molecule has 1 aromatic carbocycles. The number of benzene rings is 1. The molecule has 0 aliphatic carbocycles. The summed E-state index contributed by atoms with van der Waals surface area (Å²) in [6.07, 6.45) is 2.61. The van der Waals surface area contributed by atoms with Gasteiger partial charge in [0.05, 0.1) is 11.7 Å². The minimum atomic E-state index is -0.335. The SMILES string of the molecule is CCc1onc(C)c1C1CCCN1C(=O)c1ccc(F)cc1. The summed E-state index contributed by atoms with van der Waals surface area (Å²) in [6, 6.07) is 5.71. The van der Waals surface area contributed by atoms with Crippen LogP contribution >= 0.6 is 0 Å². The first-order valence-corrected chi connectivity index (χ1v) is 7.63. The maximum Gasteiger partial charge on any atom is 0.254 e. The molecule has 0 spiro atoms. The van der Waals surface area contributed by atoms with Crippen molar-refractivity contribution in [1.29, 1.82) is 0 Å². The van der Waals surface area contributed by atoms with E-state index in [1.54, 1.807) is 0 Å². The van der Waals surface area contributed by atoms with E-state index in [0.29, 0.717) is 12.1 Å². The van der Waals surface area contributed by atoms with Gasteiger partial charge in [0.25, 0.3) is 5.91 Å². The van der Waals surface area contributed by atoms with E-state index in [0.717, 1.165) is 36.3 Å². The zero-order valence-corrected chi connectivity index (χ0v) is 12.8. The zero-order valence-electron chi connectivity index (χ0n) is 12.8. The molecule has 1 aliphatic heterocycles. The maximum absolute atomic E-state index is 13.0. The number of nitrogens with zero attached hydrogens (tertiary/aromatic N) is 2. The van der Waals surface area contributed by atoms with Crippen LogP contribution in [-0.4, -0.2) is 22.5 Å². The maximum atomic E-state index is 13.0. The zero-order chi connectivity index (χ0) is 15.7. The summed E-state index contributed by atoms with van der Waals surface area (Å²) in [5.41, 5.74) is 2.40. The van der Waals surface area contributed by atoms with Crippen molar-refractivity contribution in [2.75, 3.05) is 6.54 Å². The van der Waals surface area contributed by atoms with Gasteiger partial charge >= 0.3 is 0 Å². The number of amides is 1. The largest absolute Gasteiger partial charge is 0.361 e. The van der Waals surface area contributed by atoms with Gasteiger partial charge in [-0.05, 0) is 44.0 Å². The van der Waals surface area contributed by atoms with Gasteiger partial charge in [-0.1, -0.05) is 12.1 Å². The minimum absolute atomic E-state index is 0.00115. The molecule has 3 rings (SSSR count). The lowest BCUT2D eigenvalue weighted by Gasteiger charge is -2.25. The summed E-state index contributed by atoms with van der Waals surface area (Å²) in [5, 5.41) is 4.05. The summed E-state index contributed by atoms with van der Waals surface area (Å²) in [4.78, 5) is 14.6. The molecule has 1 saturated heterocycles. The molecule has 116 valence electrons. The van der Waals surface area contributed by atoms with E-state index >= 15 is 0 Å². The first-order valence-electron chi connectivity index (χ1n) is 7.63. The third kappa shape index (κ3) is 2.51. The Kier molecular flexibility index (Phi) is 3.96. The third-order valence-electron chi connectivity index (χ3n) is 4.24. The highest BCUT2D eigenvalue weighted by Gasteiger charge is 2.34. The van der Waals surface area contributed by atoms with Crippen LogP contribution in [0.2, 0.25) is 0 Å². The van der Waals surface area contributed by atoms with E-state index in [-0.39, 0.29) is 17.8 Å². The topological polar surface area (TPSA) is 46.3 Å². The first kappa shape index (κ1) is 14.8. The fourth-order valence-electron chi connectivity index (χ4n) is 3.17. The van der Waals surface area contributed by atoms with E-state index in [2.05, 4.69) is 5.16 Å². The Labute approximate surface area is 128 Å². The van der Waals surface area contributed by atoms with Crippen LogP contribution < -0.4 is 0 Å². The molecule has 0 N–H and O–H groups in total. The Morgan fingerprint density at radius 2 is 2.14 bits per heavy atom. The third-order valence-corrected chi connectivity index (χ3v) is 4.24. The van der Waals surface area contributed by atoms with Crippen LogP contribution in [-0.2, 0) is 6.42 Å². The summed E-state index contributed by atoms with van der Waals surface area (Å²) in [5.74, 6) is 0.448. The van der Waals surface area contributed by atoms with Crippen molar-refractivity contribution in [3.63, 3.8) is 0 Å².